The Kier molecular flexibility index (Phi) is 4.08. The van der Waals surface area contributed by atoms with Crippen LogP contribution in [-0.2, 0) is 15.4 Å². The Balaban J connectivity index is 2.47. The number of hydrogen-bond acceptors (Lipinski definition) is 3. The number of nitrogens with one attached hydrogen (secondary N) is 2. The van der Waals surface area contributed by atoms with E-state index in [0.717, 1.165) is 11.1 Å². The molecule has 2 aromatic rings. The van der Waals surface area contributed by atoms with Crippen molar-refractivity contribution in [2.45, 2.75) is 51.9 Å². The highest BCUT2D eigenvalue weighted by Gasteiger charge is 2.23. The van der Waals surface area contributed by atoms with Crippen LogP contribution in [0.3, 0.4) is 0 Å². The van der Waals surface area contributed by atoms with Crippen LogP contribution >= 0.6 is 0 Å². The molecule has 120 valence electrons. The Bertz CT molecular complexity index is 780. The monoisotopic (exact) mass is 321 g/mol. The molecule has 2 N–H and O–H groups in total. The minimum absolute atomic E-state index is 0.0463. The quantitative estimate of drug-likeness (QED) is 0.909. The van der Waals surface area contributed by atoms with Gasteiger partial charge in [-0.15, -0.1) is 0 Å². The van der Waals surface area contributed by atoms with Crippen molar-refractivity contribution < 1.29 is 8.42 Å². The summed E-state index contributed by atoms with van der Waals surface area (Å²) >= 11 is 0. The molecule has 0 atom stereocenters. The second-order valence-corrected chi connectivity index (χ2v) is 8.27. The lowest BCUT2D eigenvalue weighted by atomic mass is 9.86. The predicted molar refractivity (Wildman–Crippen MR) is 88.7 cm³/mol. The third-order valence-corrected chi connectivity index (χ3v) is 5.30. The van der Waals surface area contributed by atoms with Crippen molar-refractivity contribution >= 4 is 15.7 Å². The first-order valence-electron chi connectivity index (χ1n) is 7.18. The molecule has 0 saturated heterocycles. The van der Waals surface area contributed by atoms with Gasteiger partial charge in [-0.1, -0.05) is 32.9 Å². The average Bonchev–Trinajstić information content (AvgIpc) is 2.70. The number of anilines is 1. The summed E-state index contributed by atoms with van der Waals surface area (Å²) in [6, 6.07) is 5.87. The molecule has 0 bridgehead atoms. The van der Waals surface area contributed by atoms with Crippen LogP contribution < -0.4 is 4.72 Å². The SMILES string of the molecule is Cc1ccc(C(C)(C)C)cc1NS(=O)(=O)c1c(C)n[nH]c1C. The third-order valence-electron chi connectivity index (χ3n) is 3.68. The highest BCUT2D eigenvalue weighted by molar-refractivity contribution is 7.92. The minimum atomic E-state index is -3.66. The molecule has 0 saturated carbocycles. The van der Waals surface area contributed by atoms with Gasteiger partial charge >= 0.3 is 0 Å². The topological polar surface area (TPSA) is 74.8 Å². The summed E-state index contributed by atoms with van der Waals surface area (Å²) in [7, 11) is -3.66. The van der Waals surface area contributed by atoms with E-state index in [-0.39, 0.29) is 10.3 Å². The fraction of sp³-hybridized carbons (Fsp3) is 0.438. The van der Waals surface area contributed by atoms with Crippen molar-refractivity contribution in [2.75, 3.05) is 4.72 Å². The Morgan fingerprint density at radius 3 is 2.27 bits per heavy atom. The number of aromatic nitrogens is 2. The van der Waals surface area contributed by atoms with Crippen LogP contribution in [0.1, 0.15) is 43.3 Å². The number of hydrogen-bond donors (Lipinski definition) is 2. The molecule has 0 radical (unpaired) electrons. The number of aromatic amines is 1. The van der Waals surface area contributed by atoms with Crippen LogP contribution in [0.2, 0.25) is 0 Å². The molecule has 5 nitrogen and oxygen atoms in total. The molecule has 0 aliphatic carbocycles. The van der Waals surface area contributed by atoms with Gasteiger partial charge in [-0.25, -0.2) is 8.42 Å². The first kappa shape index (κ1) is 16.5. The summed E-state index contributed by atoms with van der Waals surface area (Å²) in [6.45, 7) is 11.6. The van der Waals surface area contributed by atoms with Crippen LogP contribution in [0, 0.1) is 20.8 Å². The van der Waals surface area contributed by atoms with Gasteiger partial charge in [0.25, 0.3) is 10.0 Å². The highest BCUT2D eigenvalue weighted by Crippen LogP contribution is 2.29. The normalized spacial score (nSPS) is 12.5. The van der Waals surface area contributed by atoms with Crippen LogP contribution in [0.15, 0.2) is 23.1 Å². The zero-order valence-corrected chi connectivity index (χ0v) is 14.7. The molecule has 1 aromatic carbocycles. The largest absolute Gasteiger partial charge is 0.281 e. The van der Waals surface area contributed by atoms with Crippen molar-refractivity contribution in [2.24, 2.45) is 0 Å². The van der Waals surface area contributed by atoms with Gasteiger partial charge in [0.2, 0.25) is 0 Å². The molecular formula is C16H23N3O2S. The molecule has 0 unspecified atom stereocenters. The molecule has 1 aromatic heterocycles. The second kappa shape index (κ2) is 5.43. The van der Waals surface area contributed by atoms with E-state index in [1.807, 2.05) is 25.1 Å². The maximum atomic E-state index is 12.6. The minimum Gasteiger partial charge on any atom is -0.281 e. The van der Waals surface area contributed by atoms with Crippen LogP contribution in [0.4, 0.5) is 5.69 Å². The van der Waals surface area contributed by atoms with E-state index in [4.69, 9.17) is 0 Å². The number of nitrogens with zero attached hydrogens (tertiary/aromatic N) is 1. The molecule has 0 fully saturated rings. The van der Waals surface area contributed by atoms with Crippen LogP contribution in [0.25, 0.3) is 0 Å². The fourth-order valence-corrected chi connectivity index (χ4v) is 3.83. The molecule has 0 spiro atoms. The first-order chi connectivity index (χ1) is 10.0. The maximum absolute atomic E-state index is 12.6. The summed E-state index contributed by atoms with van der Waals surface area (Å²) in [5.74, 6) is 0. The van der Waals surface area contributed by atoms with E-state index in [2.05, 4.69) is 35.7 Å². The highest BCUT2D eigenvalue weighted by atomic mass is 32.2. The summed E-state index contributed by atoms with van der Waals surface area (Å²) in [4.78, 5) is 0.216. The van der Waals surface area contributed by atoms with E-state index in [1.165, 1.54) is 0 Å². The van der Waals surface area contributed by atoms with Gasteiger partial charge in [0.15, 0.2) is 0 Å². The van der Waals surface area contributed by atoms with Gasteiger partial charge in [-0.05, 0) is 43.4 Å². The number of sulfonamides is 1. The van der Waals surface area contributed by atoms with Gasteiger partial charge in [-0.3, -0.25) is 9.82 Å². The molecular weight excluding hydrogens is 298 g/mol. The second-order valence-electron chi connectivity index (χ2n) is 6.65. The van der Waals surface area contributed by atoms with E-state index in [1.54, 1.807) is 13.8 Å². The summed E-state index contributed by atoms with van der Waals surface area (Å²) in [5, 5.41) is 6.67. The van der Waals surface area contributed by atoms with E-state index < -0.39 is 10.0 Å². The standard InChI is InChI=1S/C16H23N3O2S/c1-10-7-8-13(16(4,5)6)9-14(10)19-22(20,21)15-11(2)17-18-12(15)3/h7-9,19H,1-6H3,(H,17,18). The molecule has 0 amide bonds. The zero-order chi connectivity index (χ0) is 16.7. The smallest absolute Gasteiger partial charge is 0.265 e. The Labute approximate surface area is 132 Å². The Morgan fingerprint density at radius 1 is 1.14 bits per heavy atom. The van der Waals surface area contributed by atoms with Crippen LogP contribution in [0.5, 0.6) is 0 Å². The van der Waals surface area contributed by atoms with E-state index >= 15 is 0 Å². The molecule has 2 rings (SSSR count). The van der Waals surface area contributed by atoms with E-state index in [0.29, 0.717) is 17.1 Å². The Morgan fingerprint density at radius 2 is 1.77 bits per heavy atom. The Hall–Kier alpha value is -1.82. The average molecular weight is 321 g/mol. The molecule has 0 aliphatic rings. The van der Waals surface area contributed by atoms with Crippen molar-refractivity contribution in [3.8, 4) is 0 Å². The lowest BCUT2D eigenvalue weighted by Crippen LogP contribution is -2.17. The molecule has 0 aliphatic heterocycles. The van der Waals surface area contributed by atoms with Gasteiger partial charge in [0.1, 0.15) is 4.90 Å². The van der Waals surface area contributed by atoms with Crippen molar-refractivity contribution in [3.05, 3.63) is 40.7 Å². The van der Waals surface area contributed by atoms with Crippen molar-refractivity contribution in [1.29, 1.82) is 0 Å². The molecule has 1 heterocycles. The lowest BCUT2D eigenvalue weighted by Gasteiger charge is -2.21. The predicted octanol–water partition coefficient (Wildman–Crippen LogP) is 3.43. The number of H-pyrrole nitrogens is 1. The van der Waals surface area contributed by atoms with Crippen molar-refractivity contribution in [3.63, 3.8) is 0 Å². The lowest BCUT2D eigenvalue weighted by molar-refractivity contribution is 0.589. The van der Waals surface area contributed by atoms with Gasteiger partial charge < -0.3 is 0 Å². The third kappa shape index (κ3) is 3.16. The number of benzene rings is 1. The van der Waals surface area contributed by atoms with Gasteiger partial charge in [0, 0.05) is 0 Å². The van der Waals surface area contributed by atoms with Gasteiger partial charge in [-0.2, -0.15) is 5.10 Å². The van der Waals surface area contributed by atoms with E-state index in [9.17, 15) is 8.42 Å². The van der Waals surface area contributed by atoms with Crippen LogP contribution in [-0.4, -0.2) is 18.6 Å². The fourth-order valence-electron chi connectivity index (χ4n) is 2.33. The summed E-state index contributed by atoms with van der Waals surface area (Å²) in [6.07, 6.45) is 0. The number of aryl methyl sites for hydroxylation is 3. The maximum Gasteiger partial charge on any atom is 0.265 e. The first-order valence-corrected chi connectivity index (χ1v) is 8.66. The summed E-state index contributed by atoms with van der Waals surface area (Å²) < 4.78 is 28.0. The van der Waals surface area contributed by atoms with Gasteiger partial charge in [0.05, 0.1) is 17.1 Å². The molecule has 6 heteroatoms. The number of rotatable bonds is 3. The van der Waals surface area contributed by atoms with Crippen molar-refractivity contribution in [1.82, 2.24) is 10.2 Å². The zero-order valence-electron chi connectivity index (χ0n) is 13.9. The molecule has 22 heavy (non-hydrogen) atoms. The summed E-state index contributed by atoms with van der Waals surface area (Å²) in [5.41, 5.74) is 3.53.